The van der Waals surface area contributed by atoms with E-state index in [4.69, 9.17) is 0 Å². The number of hydrogen-bond donors (Lipinski definition) is 0. The van der Waals surface area contributed by atoms with Crippen molar-refractivity contribution in [3.05, 3.63) is 50.7 Å². The predicted molar refractivity (Wildman–Crippen MR) is 111 cm³/mol. The fourth-order valence-corrected chi connectivity index (χ4v) is 4.97. The summed E-state index contributed by atoms with van der Waals surface area (Å²) in [7, 11) is 0. The highest BCUT2D eigenvalue weighted by Gasteiger charge is 2.16. The number of fused-ring (bicyclic) bond motifs is 3. The van der Waals surface area contributed by atoms with E-state index < -0.39 is 0 Å². The van der Waals surface area contributed by atoms with Gasteiger partial charge in [0.25, 0.3) is 5.56 Å². The summed E-state index contributed by atoms with van der Waals surface area (Å²) in [5, 5.41) is 13.5. The number of rotatable bonds is 7. The Kier molecular flexibility index (Phi) is 5.27. The summed E-state index contributed by atoms with van der Waals surface area (Å²) in [4.78, 5) is 17.5. The highest BCUT2D eigenvalue weighted by molar-refractivity contribution is 7.98. The molecule has 0 radical (unpaired) electrons. The molecule has 140 valence electrons. The van der Waals surface area contributed by atoms with E-state index in [9.17, 15) is 4.79 Å². The third-order valence-electron chi connectivity index (χ3n) is 4.34. The van der Waals surface area contributed by atoms with E-state index in [-0.39, 0.29) is 5.56 Å². The van der Waals surface area contributed by atoms with Crippen LogP contribution in [-0.2, 0) is 18.7 Å². The lowest BCUT2D eigenvalue weighted by atomic mass is 10.2. The van der Waals surface area contributed by atoms with Crippen molar-refractivity contribution in [1.29, 1.82) is 0 Å². The van der Waals surface area contributed by atoms with E-state index >= 15 is 0 Å². The normalized spacial score (nSPS) is 11.6. The van der Waals surface area contributed by atoms with Gasteiger partial charge in [-0.15, -0.1) is 21.5 Å². The molecular weight excluding hydrogens is 378 g/mol. The summed E-state index contributed by atoms with van der Waals surface area (Å²) >= 11 is 3.32. The lowest BCUT2D eigenvalue weighted by molar-refractivity contribution is 0.662. The first-order chi connectivity index (χ1) is 13.2. The highest BCUT2D eigenvalue weighted by Crippen LogP contribution is 2.25. The van der Waals surface area contributed by atoms with Gasteiger partial charge in [-0.05, 0) is 31.4 Å². The van der Waals surface area contributed by atoms with Gasteiger partial charge >= 0.3 is 0 Å². The second-order valence-electron chi connectivity index (χ2n) is 6.36. The lowest BCUT2D eigenvalue weighted by Gasteiger charge is -2.10. The molecule has 0 fully saturated rings. The van der Waals surface area contributed by atoms with Gasteiger partial charge in [0.15, 0.2) is 5.16 Å². The zero-order valence-electron chi connectivity index (χ0n) is 15.4. The molecule has 0 aliphatic rings. The van der Waals surface area contributed by atoms with Crippen LogP contribution >= 0.6 is 23.1 Å². The quantitative estimate of drug-likeness (QED) is 0.437. The Morgan fingerprint density at radius 1 is 1.15 bits per heavy atom. The van der Waals surface area contributed by atoms with E-state index in [2.05, 4.69) is 34.4 Å². The number of benzene rings is 1. The number of nitrogens with zero attached hydrogens (tertiary/aromatic N) is 5. The van der Waals surface area contributed by atoms with Crippen molar-refractivity contribution in [3.8, 4) is 0 Å². The number of aromatic nitrogens is 5. The summed E-state index contributed by atoms with van der Waals surface area (Å²) < 4.78 is 3.72. The molecule has 8 heteroatoms. The van der Waals surface area contributed by atoms with E-state index in [0.717, 1.165) is 41.4 Å². The van der Waals surface area contributed by atoms with Crippen molar-refractivity contribution < 1.29 is 0 Å². The van der Waals surface area contributed by atoms with Gasteiger partial charge in [0.2, 0.25) is 5.78 Å². The highest BCUT2D eigenvalue weighted by atomic mass is 32.2. The van der Waals surface area contributed by atoms with Crippen LogP contribution < -0.4 is 5.56 Å². The molecular formula is C19H21N5OS2. The fraction of sp³-hybridized carbons (Fsp3) is 0.368. The standard InChI is InChI=1S/C19H21N5OS2/c1-3-7-16-20-13(11-26-16)12-27-19-22-21-18-23(10-4-2)17(25)14-8-5-6-9-15(14)24(18)19/h5-6,8-9,11H,3-4,7,10,12H2,1-2H3. The molecule has 0 saturated heterocycles. The van der Waals surface area contributed by atoms with Gasteiger partial charge in [0.1, 0.15) is 0 Å². The molecule has 4 rings (SSSR count). The molecule has 6 nitrogen and oxygen atoms in total. The van der Waals surface area contributed by atoms with E-state index in [1.807, 2.05) is 28.7 Å². The third kappa shape index (κ3) is 3.39. The molecule has 0 bridgehead atoms. The molecule has 0 aliphatic heterocycles. The van der Waals surface area contributed by atoms with Gasteiger partial charge < -0.3 is 0 Å². The Morgan fingerprint density at radius 3 is 2.81 bits per heavy atom. The largest absolute Gasteiger partial charge is 0.276 e. The van der Waals surface area contributed by atoms with Gasteiger partial charge in [-0.25, -0.2) is 4.98 Å². The number of hydrogen-bond acceptors (Lipinski definition) is 6. The Hall–Kier alpha value is -2.19. The van der Waals surface area contributed by atoms with Crippen molar-refractivity contribution in [2.45, 2.75) is 50.6 Å². The van der Waals surface area contributed by atoms with Crippen LogP contribution in [0.2, 0.25) is 0 Å². The molecule has 3 heterocycles. The molecule has 0 saturated carbocycles. The molecule has 27 heavy (non-hydrogen) atoms. The minimum absolute atomic E-state index is 0.00684. The molecule has 4 aromatic rings. The molecule has 0 amide bonds. The van der Waals surface area contributed by atoms with Crippen LogP contribution in [0.3, 0.4) is 0 Å². The van der Waals surface area contributed by atoms with Gasteiger partial charge in [-0.1, -0.05) is 37.7 Å². The smallest absolute Gasteiger partial charge is 0.262 e. The summed E-state index contributed by atoms with van der Waals surface area (Å²) in [6.45, 7) is 4.85. The van der Waals surface area contributed by atoms with Gasteiger partial charge in [-0.3, -0.25) is 13.8 Å². The zero-order valence-corrected chi connectivity index (χ0v) is 17.0. The predicted octanol–water partition coefficient (Wildman–Crippen LogP) is 4.16. The van der Waals surface area contributed by atoms with Crippen molar-refractivity contribution in [1.82, 2.24) is 24.1 Å². The number of para-hydroxylation sites is 1. The van der Waals surface area contributed by atoms with Crippen molar-refractivity contribution in [3.63, 3.8) is 0 Å². The first kappa shape index (κ1) is 18.2. The molecule has 0 atom stereocenters. The number of thiazole rings is 1. The average molecular weight is 400 g/mol. The van der Waals surface area contributed by atoms with E-state index in [1.165, 1.54) is 5.01 Å². The monoisotopic (exact) mass is 399 g/mol. The van der Waals surface area contributed by atoms with Gasteiger partial charge in [-0.2, -0.15) is 0 Å². The Labute approximate surface area is 165 Å². The van der Waals surface area contributed by atoms with Crippen LogP contribution in [-0.4, -0.2) is 24.1 Å². The maximum Gasteiger partial charge on any atom is 0.262 e. The van der Waals surface area contributed by atoms with Crippen LogP contribution in [0.1, 0.15) is 37.4 Å². The van der Waals surface area contributed by atoms with Crippen molar-refractivity contribution in [2.24, 2.45) is 0 Å². The van der Waals surface area contributed by atoms with Crippen LogP contribution in [0.4, 0.5) is 0 Å². The second kappa shape index (κ2) is 7.82. The summed E-state index contributed by atoms with van der Waals surface area (Å²) in [5.74, 6) is 1.34. The Balaban J connectivity index is 1.76. The van der Waals surface area contributed by atoms with E-state index in [0.29, 0.717) is 17.7 Å². The first-order valence-electron chi connectivity index (χ1n) is 9.15. The SMILES string of the molecule is CCCc1nc(CSc2nnc3n(CCC)c(=O)c4ccccc4n23)cs1. The maximum absolute atomic E-state index is 12.9. The minimum Gasteiger partial charge on any atom is -0.276 e. The average Bonchev–Trinajstić information content (AvgIpc) is 3.31. The van der Waals surface area contributed by atoms with Gasteiger partial charge in [0, 0.05) is 17.7 Å². The number of thioether (sulfide) groups is 1. The summed E-state index contributed by atoms with van der Waals surface area (Å²) in [5.41, 5.74) is 1.91. The van der Waals surface area contributed by atoms with Crippen molar-refractivity contribution in [2.75, 3.05) is 0 Å². The summed E-state index contributed by atoms with van der Waals surface area (Å²) in [6.07, 6.45) is 3.00. The topological polar surface area (TPSA) is 65.1 Å². The van der Waals surface area contributed by atoms with Crippen LogP contribution in [0.25, 0.3) is 16.7 Å². The van der Waals surface area contributed by atoms with Gasteiger partial charge in [0.05, 0.1) is 21.6 Å². The van der Waals surface area contributed by atoms with Crippen molar-refractivity contribution >= 4 is 39.8 Å². The van der Waals surface area contributed by atoms with E-state index in [1.54, 1.807) is 27.7 Å². The molecule has 0 N–H and O–H groups in total. The Morgan fingerprint density at radius 2 is 2.00 bits per heavy atom. The summed E-state index contributed by atoms with van der Waals surface area (Å²) in [6, 6.07) is 7.66. The molecule has 1 aromatic carbocycles. The minimum atomic E-state index is -0.00684. The maximum atomic E-state index is 12.9. The second-order valence-corrected chi connectivity index (χ2v) is 8.25. The fourth-order valence-electron chi connectivity index (χ4n) is 3.13. The molecule has 0 spiro atoms. The molecule has 0 unspecified atom stereocenters. The first-order valence-corrected chi connectivity index (χ1v) is 11.0. The van der Waals surface area contributed by atoms with Crippen LogP contribution in [0, 0.1) is 0 Å². The molecule has 0 aliphatic carbocycles. The third-order valence-corrected chi connectivity index (χ3v) is 6.26. The van der Waals surface area contributed by atoms with Crippen LogP contribution in [0.5, 0.6) is 0 Å². The van der Waals surface area contributed by atoms with Crippen LogP contribution in [0.15, 0.2) is 39.6 Å². The lowest BCUT2D eigenvalue weighted by Crippen LogP contribution is -2.23. The number of aryl methyl sites for hydroxylation is 2. The molecule has 3 aromatic heterocycles. The zero-order chi connectivity index (χ0) is 18.8. The Bertz CT molecular complexity index is 1140.